The molecule has 1 atom stereocenters. The van der Waals surface area contributed by atoms with Crippen molar-refractivity contribution in [3.63, 3.8) is 0 Å². The molecule has 5 rings (SSSR count). The van der Waals surface area contributed by atoms with E-state index in [1.165, 1.54) is 23.4 Å². The number of carbonyl (C=O) groups excluding carboxylic acids is 1. The summed E-state index contributed by atoms with van der Waals surface area (Å²) in [6.45, 7) is 15.5. The van der Waals surface area contributed by atoms with Gasteiger partial charge in [0.1, 0.15) is 0 Å². The molecule has 1 N–H and O–H groups in total. The smallest absolute Gasteiger partial charge is 0.326 e. The van der Waals surface area contributed by atoms with Crippen LogP contribution in [0.25, 0.3) is 11.5 Å². The summed E-state index contributed by atoms with van der Waals surface area (Å²) in [6, 6.07) is 2.93. The van der Waals surface area contributed by atoms with Crippen molar-refractivity contribution in [2.24, 2.45) is 0 Å². The van der Waals surface area contributed by atoms with E-state index in [0.717, 1.165) is 5.69 Å². The summed E-state index contributed by atoms with van der Waals surface area (Å²) in [6.07, 6.45) is 5.94. The van der Waals surface area contributed by atoms with Crippen LogP contribution in [-0.4, -0.2) is 61.6 Å². The van der Waals surface area contributed by atoms with Crippen molar-refractivity contribution in [2.45, 2.75) is 64.3 Å². The molecule has 0 fully saturated rings. The van der Waals surface area contributed by atoms with Crippen LogP contribution in [0.2, 0.25) is 28.3 Å². The maximum Gasteiger partial charge on any atom is 0.326 e. The Labute approximate surface area is 237 Å². The third kappa shape index (κ3) is 4.90. The molecule has 4 aromatic heterocycles. The van der Waals surface area contributed by atoms with Gasteiger partial charge in [-0.05, 0) is 24.2 Å². The summed E-state index contributed by atoms with van der Waals surface area (Å²) >= 11 is 12.7. The quantitative estimate of drug-likeness (QED) is 0.303. The lowest BCUT2D eigenvalue weighted by Crippen LogP contribution is -2.58. The van der Waals surface area contributed by atoms with E-state index in [2.05, 4.69) is 78.3 Å². The van der Waals surface area contributed by atoms with Crippen molar-refractivity contribution in [1.82, 2.24) is 34.6 Å². The molecular weight excluding hydrogens is 557 g/mol. The number of hydrogen-bond acceptors (Lipinski definition) is 7. The molecule has 206 valence electrons. The molecule has 5 heterocycles. The van der Waals surface area contributed by atoms with Crippen LogP contribution in [0.15, 0.2) is 36.9 Å². The van der Waals surface area contributed by atoms with Crippen LogP contribution in [0.4, 0.5) is 16.2 Å². The monoisotopic (exact) mass is 587 g/mol. The first-order valence-corrected chi connectivity index (χ1v) is 16.2. The standard InChI is InChI=1S/C25H31Cl2N9O2Si/c1-24(2,3)39(6,7)38-18-14-34(17-13-28-20-11-19(27)33-35(20)21(17)25(18,4)5)23(37)32-15-10-16(26)22(29-12-15)36-30-8-9-31-36/h8-13,18H,14H2,1-7H3,(H,32,37). The minimum atomic E-state index is -2.21. The zero-order valence-corrected chi connectivity index (χ0v) is 25.4. The summed E-state index contributed by atoms with van der Waals surface area (Å²) < 4.78 is 8.66. The summed E-state index contributed by atoms with van der Waals surface area (Å²) in [4.78, 5) is 25.6. The number of anilines is 2. The largest absolute Gasteiger partial charge is 0.411 e. The molecule has 14 heteroatoms. The molecule has 1 unspecified atom stereocenters. The molecule has 0 saturated carbocycles. The zero-order chi connectivity index (χ0) is 28.3. The van der Waals surface area contributed by atoms with Crippen molar-refractivity contribution < 1.29 is 9.22 Å². The van der Waals surface area contributed by atoms with E-state index in [0.29, 0.717) is 34.5 Å². The molecule has 11 nitrogen and oxygen atoms in total. The number of amides is 2. The average molecular weight is 589 g/mol. The van der Waals surface area contributed by atoms with E-state index >= 15 is 0 Å². The first-order chi connectivity index (χ1) is 18.2. The summed E-state index contributed by atoms with van der Waals surface area (Å²) in [5.41, 5.74) is 1.92. The molecule has 0 aromatic carbocycles. The van der Waals surface area contributed by atoms with Crippen LogP contribution in [0.5, 0.6) is 0 Å². The predicted molar refractivity (Wildman–Crippen MR) is 154 cm³/mol. The lowest BCUT2D eigenvalue weighted by atomic mass is 9.79. The van der Waals surface area contributed by atoms with Gasteiger partial charge in [-0.2, -0.15) is 15.3 Å². The second-order valence-corrected chi connectivity index (χ2v) is 17.3. The number of nitrogens with one attached hydrogen (secondary N) is 1. The van der Waals surface area contributed by atoms with E-state index in [-0.39, 0.29) is 22.2 Å². The fourth-order valence-electron chi connectivity index (χ4n) is 4.41. The Balaban J connectivity index is 1.54. The third-order valence-corrected chi connectivity index (χ3v) is 12.6. The average Bonchev–Trinajstić information content (AvgIpc) is 3.48. The first-order valence-electron chi connectivity index (χ1n) is 12.5. The highest BCUT2D eigenvalue weighted by molar-refractivity contribution is 6.74. The predicted octanol–water partition coefficient (Wildman–Crippen LogP) is 5.73. The van der Waals surface area contributed by atoms with Gasteiger partial charge in [0.25, 0.3) is 0 Å². The number of nitrogens with zero attached hydrogens (tertiary/aromatic N) is 8. The van der Waals surface area contributed by atoms with Gasteiger partial charge in [0.05, 0.1) is 59.5 Å². The minimum absolute atomic E-state index is 0.0212. The van der Waals surface area contributed by atoms with Gasteiger partial charge in [-0.3, -0.25) is 4.90 Å². The topological polar surface area (TPSA) is 115 Å². The highest BCUT2D eigenvalue weighted by Crippen LogP contribution is 2.45. The summed E-state index contributed by atoms with van der Waals surface area (Å²) in [7, 11) is -2.21. The van der Waals surface area contributed by atoms with Crippen molar-refractivity contribution in [3.05, 3.63) is 52.8 Å². The number of halogens is 2. The second kappa shape index (κ2) is 9.54. The number of urea groups is 1. The maximum absolute atomic E-state index is 13.8. The maximum atomic E-state index is 13.8. The molecule has 0 saturated heterocycles. The molecular formula is C25H31Cl2N9O2Si. The van der Waals surface area contributed by atoms with E-state index in [9.17, 15) is 4.79 Å². The molecule has 0 aliphatic carbocycles. The van der Waals surface area contributed by atoms with Gasteiger partial charge in [-0.15, -0.1) is 4.80 Å². The Kier molecular flexibility index (Phi) is 6.73. The van der Waals surface area contributed by atoms with Crippen LogP contribution >= 0.6 is 23.2 Å². The van der Waals surface area contributed by atoms with Crippen LogP contribution in [0, 0.1) is 0 Å². The third-order valence-electron chi connectivity index (χ3n) is 7.66. The Morgan fingerprint density at radius 2 is 1.82 bits per heavy atom. The first kappa shape index (κ1) is 27.5. The van der Waals surface area contributed by atoms with Crippen LogP contribution in [-0.2, 0) is 9.84 Å². The highest BCUT2D eigenvalue weighted by Gasteiger charge is 2.49. The second-order valence-electron chi connectivity index (χ2n) is 11.7. The van der Waals surface area contributed by atoms with Crippen molar-refractivity contribution in [3.8, 4) is 5.82 Å². The normalized spacial score (nSPS) is 17.4. The van der Waals surface area contributed by atoms with E-state index in [1.54, 1.807) is 27.7 Å². The SMILES string of the molecule is CC1(C)c2c(cnc3cc(Cl)nn23)N(C(=O)Nc2cnc(-n3nccn3)c(Cl)c2)CC1O[Si](C)(C)C(C)(C)C. The Morgan fingerprint density at radius 3 is 2.46 bits per heavy atom. The molecule has 2 amide bonds. The molecule has 0 spiro atoms. The summed E-state index contributed by atoms with van der Waals surface area (Å²) in [5.74, 6) is 0.356. The molecule has 4 aromatic rings. The number of hydrogen-bond donors (Lipinski definition) is 1. The molecule has 1 aliphatic rings. The minimum Gasteiger partial charge on any atom is -0.411 e. The van der Waals surface area contributed by atoms with Crippen LogP contribution < -0.4 is 10.2 Å². The number of fused-ring (bicyclic) bond motifs is 3. The van der Waals surface area contributed by atoms with Gasteiger partial charge in [0.2, 0.25) is 0 Å². The number of carbonyl (C=O) groups is 1. The Hall–Kier alpha value is -3.06. The fourth-order valence-corrected chi connectivity index (χ4v) is 6.26. The van der Waals surface area contributed by atoms with Crippen LogP contribution in [0.1, 0.15) is 40.3 Å². The molecule has 0 bridgehead atoms. The van der Waals surface area contributed by atoms with E-state index < -0.39 is 13.7 Å². The molecule has 1 aliphatic heterocycles. The van der Waals surface area contributed by atoms with Gasteiger partial charge in [0, 0.05) is 11.5 Å². The molecule has 0 radical (unpaired) electrons. The molecule has 39 heavy (non-hydrogen) atoms. The highest BCUT2D eigenvalue weighted by atomic mass is 35.5. The number of pyridine rings is 1. The van der Waals surface area contributed by atoms with Gasteiger partial charge >= 0.3 is 6.03 Å². The number of aromatic nitrogens is 7. The van der Waals surface area contributed by atoms with Crippen molar-refractivity contribution in [1.29, 1.82) is 0 Å². The van der Waals surface area contributed by atoms with Crippen molar-refractivity contribution in [2.75, 3.05) is 16.8 Å². The van der Waals surface area contributed by atoms with Gasteiger partial charge in [0.15, 0.2) is 24.9 Å². The van der Waals surface area contributed by atoms with Gasteiger partial charge in [-0.25, -0.2) is 19.3 Å². The van der Waals surface area contributed by atoms with Crippen LogP contribution in [0.3, 0.4) is 0 Å². The van der Waals surface area contributed by atoms with E-state index in [1.807, 2.05) is 0 Å². The Bertz CT molecular complexity index is 1550. The lowest BCUT2D eigenvalue weighted by Gasteiger charge is -2.49. The van der Waals surface area contributed by atoms with Gasteiger partial charge in [-0.1, -0.05) is 57.8 Å². The number of rotatable bonds is 4. The van der Waals surface area contributed by atoms with Crippen molar-refractivity contribution >= 4 is 54.6 Å². The Morgan fingerprint density at radius 1 is 1.13 bits per heavy atom. The van der Waals surface area contributed by atoms with E-state index in [4.69, 9.17) is 27.6 Å². The lowest BCUT2D eigenvalue weighted by molar-refractivity contribution is 0.105. The van der Waals surface area contributed by atoms with Gasteiger partial charge < -0.3 is 9.74 Å². The summed E-state index contributed by atoms with van der Waals surface area (Å²) in [5, 5.41) is 16.1. The zero-order valence-electron chi connectivity index (χ0n) is 22.9. The fraction of sp³-hybridized carbons (Fsp3) is 0.440.